The maximum absolute atomic E-state index is 12.0. The van der Waals surface area contributed by atoms with E-state index in [9.17, 15) is 14.9 Å². The van der Waals surface area contributed by atoms with Crippen LogP contribution in [-0.2, 0) is 11.3 Å². The van der Waals surface area contributed by atoms with E-state index in [1.54, 1.807) is 0 Å². The highest BCUT2D eigenvalue weighted by Crippen LogP contribution is 2.49. The highest BCUT2D eigenvalue weighted by Gasteiger charge is 2.42. The lowest BCUT2D eigenvalue weighted by molar-refractivity contribution is -0.389. The number of hydrogen-bond acceptors (Lipinski definition) is 4. The van der Waals surface area contributed by atoms with Crippen molar-refractivity contribution in [1.29, 1.82) is 0 Å². The quantitative estimate of drug-likeness (QED) is 0.661. The van der Waals surface area contributed by atoms with Crippen LogP contribution in [0.3, 0.4) is 0 Å². The molecule has 2 aliphatic carbocycles. The molecule has 21 heavy (non-hydrogen) atoms. The Bertz CT molecular complexity index is 556. The first-order chi connectivity index (χ1) is 10.0. The van der Waals surface area contributed by atoms with Crippen LogP contribution in [0.5, 0.6) is 0 Å². The smallest absolute Gasteiger partial charge is 0.358 e. The van der Waals surface area contributed by atoms with Gasteiger partial charge in [0.2, 0.25) is 5.91 Å². The van der Waals surface area contributed by atoms with E-state index in [1.165, 1.54) is 42.6 Å². The average molecular weight is 292 g/mol. The largest absolute Gasteiger partial charge is 0.389 e. The first-order valence-electron chi connectivity index (χ1n) is 7.50. The molecule has 7 nitrogen and oxygen atoms in total. The third kappa shape index (κ3) is 2.91. The Labute approximate surface area is 122 Å². The Morgan fingerprint density at radius 1 is 1.57 bits per heavy atom. The molecule has 0 radical (unpaired) electrons. The molecule has 0 unspecified atom stereocenters. The van der Waals surface area contributed by atoms with Gasteiger partial charge in [-0.2, -0.15) is 4.68 Å². The van der Waals surface area contributed by atoms with Gasteiger partial charge in [0.25, 0.3) is 0 Å². The number of carbonyl (C=O) groups excluding carboxylic acids is 1. The van der Waals surface area contributed by atoms with Crippen LogP contribution in [0.15, 0.2) is 12.3 Å². The highest BCUT2D eigenvalue weighted by molar-refractivity contribution is 5.76. The summed E-state index contributed by atoms with van der Waals surface area (Å²) < 4.78 is 1.31. The topological polar surface area (TPSA) is 90.1 Å². The summed E-state index contributed by atoms with van der Waals surface area (Å²) in [5.41, 5.74) is 0. The van der Waals surface area contributed by atoms with Crippen LogP contribution in [0.2, 0.25) is 0 Å². The third-order valence-electron chi connectivity index (χ3n) is 4.94. The molecule has 4 atom stereocenters. The molecule has 0 spiro atoms. The standard InChI is InChI=1S/C14H20N4O3/c1-9(12-7-10-2-3-11(12)6-10)15-14(19)8-17-5-4-13(16-17)18(20)21/h4-5,9-12H,2-3,6-8H2,1H3,(H,15,19)/t9-,10+,11+,12-/m1/s1. The minimum Gasteiger partial charge on any atom is -0.358 e. The summed E-state index contributed by atoms with van der Waals surface area (Å²) in [4.78, 5) is 22.0. The monoisotopic (exact) mass is 292 g/mol. The fourth-order valence-electron chi connectivity index (χ4n) is 4.00. The van der Waals surface area contributed by atoms with Gasteiger partial charge < -0.3 is 15.4 Å². The predicted octanol–water partition coefficient (Wildman–Crippen LogP) is 1.73. The minimum atomic E-state index is -0.563. The van der Waals surface area contributed by atoms with Crippen LogP contribution in [0.1, 0.15) is 32.6 Å². The number of nitrogens with one attached hydrogen (secondary N) is 1. The zero-order chi connectivity index (χ0) is 15.0. The van der Waals surface area contributed by atoms with Gasteiger partial charge in [-0.15, -0.1) is 0 Å². The number of aromatic nitrogens is 2. The van der Waals surface area contributed by atoms with E-state index < -0.39 is 4.92 Å². The highest BCUT2D eigenvalue weighted by atomic mass is 16.6. The lowest BCUT2D eigenvalue weighted by Gasteiger charge is -2.28. The second-order valence-electron chi connectivity index (χ2n) is 6.32. The molecule has 0 aliphatic heterocycles. The lowest BCUT2D eigenvalue weighted by Crippen LogP contribution is -2.41. The second-order valence-corrected chi connectivity index (χ2v) is 6.32. The van der Waals surface area contributed by atoms with E-state index in [0.717, 1.165) is 11.8 Å². The number of nitro groups is 1. The molecule has 1 aromatic heterocycles. The summed E-state index contributed by atoms with van der Waals surface area (Å²) in [6.45, 7) is 2.09. The van der Waals surface area contributed by atoms with Crippen LogP contribution >= 0.6 is 0 Å². The summed E-state index contributed by atoms with van der Waals surface area (Å²) in [6.07, 6.45) is 6.63. The fourth-order valence-corrected chi connectivity index (χ4v) is 4.00. The summed E-state index contributed by atoms with van der Waals surface area (Å²) in [5, 5.41) is 17.3. The van der Waals surface area contributed by atoms with Gasteiger partial charge in [0.1, 0.15) is 6.54 Å². The van der Waals surface area contributed by atoms with Gasteiger partial charge in [-0.1, -0.05) is 6.42 Å². The van der Waals surface area contributed by atoms with Gasteiger partial charge in [-0.05, 0) is 48.9 Å². The SMILES string of the molecule is C[C@@H](NC(=O)Cn1ccc([N+](=O)[O-])n1)[C@H]1C[C@H]2CC[C@H]1C2. The van der Waals surface area contributed by atoms with Crippen LogP contribution in [-0.4, -0.2) is 26.7 Å². The number of fused-ring (bicyclic) bond motifs is 2. The average Bonchev–Trinajstić information content (AvgIpc) is 3.13. The zero-order valence-corrected chi connectivity index (χ0v) is 12.1. The van der Waals surface area contributed by atoms with Gasteiger partial charge >= 0.3 is 5.82 Å². The lowest BCUT2D eigenvalue weighted by atomic mass is 9.84. The molecule has 3 rings (SSSR count). The van der Waals surface area contributed by atoms with Gasteiger partial charge in [0.15, 0.2) is 0 Å². The van der Waals surface area contributed by atoms with Gasteiger partial charge in [-0.3, -0.25) is 4.79 Å². The van der Waals surface area contributed by atoms with Crippen LogP contribution < -0.4 is 5.32 Å². The molecule has 0 saturated heterocycles. The van der Waals surface area contributed by atoms with Crippen LogP contribution in [0.25, 0.3) is 0 Å². The maximum Gasteiger partial charge on any atom is 0.389 e. The van der Waals surface area contributed by atoms with E-state index in [2.05, 4.69) is 17.3 Å². The number of rotatable bonds is 5. The summed E-state index contributed by atoms with van der Waals surface area (Å²) >= 11 is 0. The molecule has 0 aromatic carbocycles. The van der Waals surface area contributed by atoms with Gasteiger partial charge in [0.05, 0.1) is 17.4 Å². The van der Waals surface area contributed by atoms with E-state index in [-0.39, 0.29) is 24.3 Å². The Morgan fingerprint density at radius 2 is 2.38 bits per heavy atom. The number of carbonyl (C=O) groups is 1. The van der Waals surface area contributed by atoms with Gasteiger partial charge in [-0.25, -0.2) is 0 Å². The first-order valence-corrected chi connectivity index (χ1v) is 7.50. The van der Waals surface area contributed by atoms with E-state index in [0.29, 0.717) is 5.92 Å². The van der Waals surface area contributed by atoms with Crippen LogP contribution in [0.4, 0.5) is 5.82 Å². The molecule has 1 N–H and O–H groups in total. The van der Waals surface area contributed by atoms with Crippen molar-refractivity contribution in [3.05, 3.63) is 22.4 Å². The van der Waals surface area contributed by atoms with Crippen molar-refractivity contribution in [1.82, 2.24) is 15.1 Å². The molecular weight excluding hydrogens is 272 g/mol. The molecule has 2 bridgehead atoms. The Morgan fingerprint density at radius 3 is 2.95 bits per heavy atom. The zero-order valence-electron chi connectivity index (χ0n) is 12.1. The Hall–Kier alpha value is -1.92. The van der Waals surface area contributed by atoms with Crippen molar-refractivity contribution in [2.24, 2.45) is 17.8 Å². The van der Waals surface area contributed by atoms with E-state index in [4.69, 9.17) is 0 Å². The molecule has 1 amide bonds. The molecule has 7 heteroatoms. The van der Waals surface area contributed by atoms with Crippen molar-refractivity contribution in [3.8, 4) is 0 Å². The second kappa shape index (κ2) is 5.46. The van der Waals surface area contributed by atoms with Crippen molar-refractivity contribution in [2.75, 3.05) is 0 Å². The van der Waals surface area contributed by atoms with Crippen molar-refractivity contribution in [3.63, 3.8) is 0 Å². The maximum atomic E-state index is 12.0. The predicted molar refractivity (Wildman–Crippen MR) is 75.4 cm³/mol. The van der Waals surface area contributed by atoms with Crippen molar-refractivity contribution in [2.45, 2.75) is 45.2 Å². The summed E-state index contributed by atoms with van der Waals surface area (Å²) in [5.74, 6) is 1.83. The number of amides is 1. The normalized spacial score (nSPS) is 28.5. The molecule has 2 fully saturated rings. The van der Waals surface area contributed by atoms with E-state index in [1.807, 2.05) is 0 Å². The molecular formula is C14H20N4O3. The van der Waals surface area contributed by atoms with Crippen molar-refractivity contribution >= 4 is 11.7 Å². The molecule has 114 valence electrons. The molecule has 2 aliphatic rings. The van der Waals surface area contributed by atoms with Crippen molar-refractivity contribution < 1.29 is 9.72 Å². The van der Waals surface area contributed by atoms with Gasteiger partial charge in [0, 0.05) is 6.04 Å². The first kappa shape index (κ1) is 14.0. The molecule has 1 heterocycles. The number of nitrogens with zero attached hydrogens (tertiary/aromatic N) is 3. The summed E-state index contributed by atoms with van der Waals surface area (Å²) in [7, 11) is 0. The fraction of sp³-hybridized carbons (Fsp3) is 0.714. The molecule has 2 saturated carbocycles. The molecule has 1 aromatic rings. The third-order valence-corrected chi connectivity index (χ3v) is 4.94. The van der Waals surface area contributed by atoms with Crippen LogP contribution in [0, 0.1) is 27.9 Å². The van der Waals surface area contributed by atoms with E-state index >= 15 is 0 Å². The minimum absolute atomic E-state index is 0.0268. The Balaban J connectivity index is 1.52. The number of hydrogen-bond donors (Lipinski definition) is 1. The summed E-state index contributed by atoms with van der Waals surface area (Å²) in [6, 6.07) is 1.46. The Kier molecular flexibility index (Phi) is 3.65.